The van der Waals surface area contributed by atoms with Crippen LogP contribution in [0.2, 0.25) is 0 Å². The van der Waals surface area contributed by atoms with Crippen molar-refractivity contribution in [3.63, 3.8) is 0 Å². The number of hydrogen-bond donors (Lipinski definition) is 0. The normalized spacial score (nSPS) is 16.5. The minimum absolute atomic E-state index is 0.133. The van der Waals surface area contributed by atoms with Crippen LogP contribution < -0.4 is 33.8 Å². The predicted molar refractivity (Wildman–Crippen MR) is 166 cm³/mol. The summed E-state index contributed by atoms with van der Waals surface area (Å²) in [5, 5.41) is 0. The first-order valence-corrected chi connectivity index (χ1v) is 15.2. The van der Waals surface area contributed by atoms with Gasteiger partial charge in [0.05, 0.1) is 57.0 Å². The molecular weight excluding hydrogens is 602 g/mol. The second-order valence-corrected chi connectivity index (χ2v) is 11.1. The molecule has 2 aliphatic heterocycles. The Bertz CT molecular complexity index is 1800. The van der Waals surface area contributed by atoms with E-state index in [9.17, 15) is 14.4 Å². The molecule has 45 heavy (non-hydrogen) atoms. The van der Waals surface area contributed by atoms with Crippen LogP contribution in [0.3, 0.4) is 0 Å². The fraction of sp³-hybridized carbons (Fsp3) is 0.375. The Morgan fingerprint density at radius 1 is 1.02 bits per heavy atom. The number of morpholine rings is 1. The van der Waals surface area contributed by atoms with Crippen LogP contribution in [0.25, 0.3) is 6.08 Å². The molecule has 0 radical (unpaired) electrons. The Balaban J connectivity index is 1.53. The largest absolute Gasteiger partial charge is 0.497 e. The van der Waals surface area contributed by atoms with Crippen molar-refractivity contribution >= 4 is 29.3 Å². The van der Waals surface area contributed by atoms with E-state index in [1.807, 2.05) is 0 Å². The van der Waals surface area contributed by atoms with Gasteiger partial charge in [-0.3, -0.25) is 14.2 Å². The molecule has 12 nitrogen and oxygen atoms in total. The minimum atomic E-state index is -0.849. The smallest absolute Gasteiger partial charge is 0.338 e. The molecule has 0 unspecified atom stereocenters. The molecule has 0 bridgehead atoms. The molecular formula is C32H35N3O9S. The van der Waals surface area contributed by atoms with Crippen molar-refractivity contribution < 1.29 is 38.0 Å². The number of carbonyl (C=O) groups is 2. The van der Waals surface area contributed by atoms with Crippen molar-refractivity contribution in [1.29, 1.82) is 0 Å². The summed E-state index contributed by atoms with van der Waals surface area (Å²) in [7, 11) is 4.57. The summed E-state index contributed by atoms with van der Waals surface area (Å²) in [5.41, 5.74) is 1.60. The number of aromatic nitrogens is 1. The van der Waals surface area contributed by atoms with Gasteiger partial charge in [0.2, 0.25) is 0 Å². The first kappa shape index (κ1) is 31.8. The van der Waals surface area contributed by atoms with Gasteiger partial charge in [0.1, 0.15) is 17.5 Å². The summed E-state index contributed by atoms with van der Waals surface area (Å²) >= 11 is 1.20. The fourth-order valence-corrected chi connectivity index (χ4v) is 6.26. The summed E-state index contributed by atoms with van der Waals surface area (Å²) in [6.45, 7) is 5.55. The lowest BCUT2D eigenvalue weighted by Crippen LogP contribution is -2.43. The van der Waals surface area contributed by atoms with E-state index in [2.05, 4.69) is 4.99 Å². The van der Waals surface area contributed by atoms with E-state index >= 15 is 0 Å². The van der Waals surface area contributed by atoms with Gasteiger partial charge in [-0.05, 0) is 49.8 Å². The Morgan fingerprint density at radius 3 is 2.47 bits per heavy atom. The van der Waals surface area contributed by atoms with Gasteiger partial charge in [0, 0.05) is 24.7 Å². The Morgan fingerprint density at radius 2 is 1.78 bits per heavy atom. The van der Waals surface area contributed by atoms with E-state index in [1.54, 1.807) is 68.3 Å². The van der Waals surface area contributed by atoms with Crippen LogP contribution in [0.15, 0.2) is 57.5 Å². The number of allylic oxidation sites excluding steroid dienone is 1. The number of amides is 1. The lowest BCUT2D eigenvalue weighted by atomic mass is 9.95. The summed E-state index contributed by atoms with van der Waals surface area (Å²) in [5.74, 6) is 1.12. The first-order valence-electron chi connectivity index (χ1n) is 14.4. The predicted octanol–water partition coefficient (Wildman–Crippen LogP) is 2.06. The van der Waals surface area contributed by atoms with Crippen molar-refractivity contribution in [3.8, 4) is 23.0 Å². The van der Waals surface area contributed by atoms with Gasteiger partial charge < -0.3 is 33.3 Å². The molecule has 1 aromatic heterocycles. The number of esters is 1. The van der Waals surface area contributed by atoms with Crippen LogP contribution in [-0.4, -0.2) is 82.2 Å². The number of benzene rings is 2. The number of carbonyl (C=O) groups excluding carboxylic acids is 2. The van der Waals surface area contributed by atoms with Crippen LogP contribution in [0, 0.1) is 0 Å². The van der Waals surface area contributed by atoms with Crippen LogP contribution in [0.4, 0.5) is 0 Å². The highest BCUT2D eigenvalue weighted by molar-refractivity contribution is 7.07. The van der Waals surface area contributed by atoms with Gasteiger partial charge in [0.15, 0.2) is 22.9 Å². The van der Waals surface area contributed by atoms with E-state index < -0.39 is 12.0 Å². The average Bonchev–Trinajstić information content (AvgIpc) is 3.36. The molecule has 3 aromatic rings. The van der Waals surface area contributed by atoms with E-state index in [-0.39, 0.29) is 30.3 Å². The van der Waals surface area contributed by atoms with Gasteiger partial charge in [0.25, 0.3) is 11.5 Å². The maximum atomic E-state index is 14.0. The third kappa shape index (κ3) is 6.59. The second kappa shape index (κ2) is 14.0. The molecule has 3 heterocycles. The molecule has 0 N–H and O–H groups in total. The highest BCUT2D eigenvalue weighted by atomic mass is 32.1. The highest BCUT2D eigenvalue weighted by Gasteiger charge is 2.35. The molecule has 238 valence electrons. The van der Waals surface area contributed by atoms with Gasteiger partial charge >= 0.3 is 5.97 Å². The molecule has 1 amide bonds. The molecule has 2 aliphatic rings. The van der Waals surface area contributed by atoms with Crippen molar-refractivity contribution in [1.82, 2.24) is 9.47 Å². The van der Waals surface area contributed by atoms with Crippen LogP contribution in [0.1, 0.15) is 31.0 Å². The number of thiazole rings is 1. The Hall–Kier alpha value is -4.62. The number of hydrogen-bond acceptors (Lipinski definition) is 11. The third-order valence-electron chi connectivity index (χ3n) is 7.45. The van der Waals surface area contributed by atoms with Gasteiger partial charge in [-0.25, -0.2) is 9.79 Å². The van der Waals surface area contributed by atoms with Crippen molar-refractivity contribution in [2.75, 3.05) is 60.8 Å². The van der Waals surface area contributed by atoms with Gasteiger partial charge in [-0.2, -0.15) is 0 Å². The minimum Gasteiger partial charge on any atom is -0.497 e. The number of ether oxygens (including phenoxy) is 6. The van der Waals surface area contributed by atoms with E-state index in [0.717, 1.165) is 0 Å². The van der Waals surface area contributed by atoms with Gasteiger partial charge in [-0.15, -0.1) is 0 Å². The fourth-order valence-electron chi connectivity index (χ4n) is 5.22. The molecule has 1 atom stereocenters. The van der Waals surface area contributed by atoms with E-state index in [1.165, 1.54) is 30.1 Å². The zero-order valence-corrected chi connectivity index (χ0v) is 26.6. The number of nitrogens with zero attached hydrogens (tertiary/aromatic N) is 3. The SMILES string of the molecule is CCOC(=O)C1=C(C)N=c2s/c(=C/c3ccc(OCC(=O)N4CCOCC4)c(OC)c3)c(=O)n2[C@@H]1c1ccc(OC)cc1OC. The Labute approximate surface area is 263 Å². The molecule has 0 aliphatic carbocycles. The second-order valence-electron chi connectivity index (χ2n) is 10.1. The zero-order chi connectivity index (χ0) is 32.1. The maximum absolute atomic E-state index is 14.0. The molecule has 0 spiro atoms. The lowest BCUT2D eigenvalue weighted by molar-refractivity contribution is -0.139. The summed E-state index contributed by atoms with van der Waals surface area (Å²) in [6.07, 6.45) is 1.72. The summed E-state index contributed by atoms with van der Waals surface area (Å²) in [6, 6.07) is 9.56. The van der Waals surface area contributed by atoms with Crippen LogP contribution in [-0.2, 0) is 19.1 Å². The standard InChI is InChI=1S/C32H35N3O9S/c1-6-43-31(38)28-19(2)33-32-35(29(28)22-9-8-21(39-3)17-24(22)40-4)30(37)26(45-32)16-20-7-10-23(25(15-20)41-5)44-18-27(36)34-11-13-42-14-12-34/h7-10,15-17,29H,6,11-14,18H2,1-5H3/b26-16+/t29-/m1/s1. The monoisotopic (exact) mass is 637 g/mol. The molecule has 13 heteroatoms. The third-order valence-corrected chi connectivity index (χ3v) is 8.44. The maximum Gasteiger partial charge on any atom is 0.338 e. The summed E-state index contributed by atoms with van der Waals surface area (Å²) in [4.78, 5) is 46.6. The highest BCUT2D eigenvalue weighted by Crippen LogP contribution is 2.37. The molecule has 1 saturated heterocycles. The van der Waals surface area contributed by atoms with Crippen LogP contribution >= 0.6 is 11.3 Å². The average molecular weight is 638 g/mol. The van der Waals surface area contributed by atoms with E-state index in [0.29, 0.717) is 75.5 Å². The van der Waals surface area contributed by atoms with Crippen LogP contribution in [0.5, 0.6) is 23.0 Å². The summed E-state index contributed by atoms with van der Waals surface area (Å²) < 4.78 is 34.9. The first-order chi connectivity index (χ1) is 21.8. The molecule has 1 fully saturated rings. The molecule has 5 rings (SSSR count). The van der Waals surface area contributed by atoms with E-state index in [4.69, 9.17) is 28.4 Å². The number of fused-ring (bicyclic) bond motifs is 1. The quantitative estimate of drug-likeness (QED) is 0.307. The van der Waals surface area contributed by atoms with Gasteiger partial charge in [-0.1, -0.05) is 17.4 Å². The van der Waals surface area contributed by atoms with Crippen molar-refractivity contribution in [3.05, 3.63) is 78.5 Å². The number of rotatable bonds is 10. The zero-order valence-electron chi connectivity index (χ0n) is 25.8. The lowest BCUT2D eigenvalue weighted by Gasteiger charge is -2.26. The molecule has 0 saturated carbocycles. The Kier molecular flexibility index (Phi) is 9.89. The molecule has 2 aromatic carbocycles. The number of methoxy groups -OCH3 is 3. The van der Waals surface area contributed by atoms with Crippen molar-refractivity contribution in [2.24, 2.45) is 4.99 Å². The van der Waals surface area contributed by atoms with Crippen molar-refractivity contribution in [2.45, 2.75) is 19.9 Å². The topological polar surface area (TPSA) is 127 Å².